The number of amides is 2. The fourth-order valence-electron chi connectivity index (χ4n) is 3.29. The lowest BCUT2D eigenvalue weighted by Crippen LogP contribution is -2.29. The molecule has 4 N–H and O–H groups in total. The average molecular weight is 457 g/mol. The van der Waals surface area contributed by atoms with Crippen molar-refractivity contribution < 1.29 is 29.4 Å². The summed E-state index contributed by atoms with van der Waals surface area (Å²) >= 11 is 0. The largest absolute Gasteiger partial charge is 0.491 e. The van der Waals surface area contributed by atoms with Crippen molar-refractivity contribution in [3.8, 4) is 5.75 Å². The number of anilines is 1. The molecule has 0 aliphatic carbocycles. The van der Waals surface area contributed by atoms with Gasteiger partial charge in [-0.2, -0.15) is 0 Å². The summed E-state index contributed by atoms with van der Waals surface area (Å²) < 4.78 is 11.3. The van der Waals surface area contributed by atoms with Crippen LogP contribution in [0.1, 0.15) is 43.9 Å². The number of rotatable bonds is 11. The van der Waals surface area contributed by atoms with Gasteiger partial charge in [0.25, 0.3) is 5.91 Å². The van der Waals surface area contributed by atoms with Crippen molar-refractivity contribution in [3.05, 3.63) is 71.8 Å². The smallest absolute Gasteiger partial charge is 0.412 e. The van der Waals surface area contributed by atoms with Crippen LogP contribution in [-0.4, -0.2) is 35.5 Å². The molecular formula is C25H32N2O6. The minimum atomic E-state index is -0.600. The van der Waals surface area contributed by atoms with E-state index >= 15 is 0 Å². The van der Waals surface area contributed by atoms with Crippen LogP contribution in [0.25, 0.3) is 0 Å². The standard InChI is InChI=1S/C25H32N2O6/c1-18-7-11-20(12-8-18)26-24(30)33-23(19-9-13-21(14-10-19)32-17-16-28)25(2,3)15-5-4-6-22(29)27-31/h4,6-14,23,28,31H,5,15-17H2,1-3H3,(H,26,30)(H,27,29)/b6-4+/t23-/m0/s1. The molecule has 0 saturated heterocycles. The number of hydrogen-bond acceptors (Lipinski definition) is 6. The molecule has 0 aliphatic heterocycles. The van der Waals surface area contributed by atoms with Gasteiger partial charge in [-0.15, -0.1) is 0 Å². The van der Waals surface area contributed by atoms with E-state index in [1.807, 2.05) is 45.0 Å². The number of aliphatic hydroxyl groups is 1. The van der Waals surface area contributed by atoms with Crippen molar-refractivity contribution >= 4 is 17.7 Å². The zero-order chi connectivity index (χ0) is 24.3. The van der Waals surface area contributed by atoms with Gasteiger partial charge in [-0.3, -0.25) is 15.3 Å². The molecule has 0 radical (unpaired) electrons. The quantitative estimate of drug-likeness (QED) is 0.224. The number of nitrogens with one attached hydrogen (secondary N) is 2. The van der Waals surface area contributed by atoms with Crippen molar-refractivity contribution in [2.45, 2.75) is 39.7 Å². The Hall–Kier alpha value is -3.36. The molecular weight excluding hydrogens is 424 g/mol. The Morgan fingerprint density at radius 1 is 1.09 bits per heavy atom. The maximum atomic E-state index is 12.7. The molecule has 0 spiro atoms. The number of hydroxylamine groups is 1. The van der Waals surface area contributed by atoms with E-state index in [4.69, 9.17) is 19.8 Å². The molecule has 8 nitrogen and oxygen atoms in total. The third-order valence-electron chi connectivity index (χ3n) is 5.11. The zero-order valence-electron chi connectivity index (χ0n) is 19.2. The van der Waals surface area contributed by atoms with Gasteiger partial charge in [0.05, 0.1) is 6.61 Å². The molecule has 0 unspecified atom stereocenters. The molecule has 0 aliphatic rings. The van der Waals surface area contributed by atoms with Gasteiger partial charge in [0.15, 0.2) is 0 Å². The number of aryl methyl sites for hydroxylation is 1. The Kier molecular flexibility index (Phi) is 9.90. The molecule has 0 saturated carbocycles. The number of aliphatic hydroxyl groups excluding tert-OH is 1. The average Bonchev–Trinajstić information content (AvgIpc) is 2.80. The van der Waals surface area contributed by atoms with E-state index in [0.29, 0.717) is 24.3 Å². The highest BCUT2D eigenvalue weighted by Gasteiger charge is 2.34. The Bertz CT molecular complexity index is 923. The summed E-state index contributed by atoms with van der Waals surface area (Å²) in [5, 5.41) is 20.3. The van der Waals surface area contributed by atoms with Crippen LogP contribution in [0, 0.1) is 12.3 Å². The van der Waals surface area contributed by atoms with Crippen molar-refractivity contribution in [1.82, 2.24) is 5.48 Å². The van der Waals surface area contributed by atoms with E-state index in [1.165, 1.54) is 6.08 Å². The van der Waals surface area contributed by atoms with Gasteiger partial charge < -0.3 is 14.6 Å². The van der Waals surface area contributed by atoms with Crippen LogP contribution in [0.3, 0.4) is 0 Å². The Morgan fingerprint density at radius 3 is 2.36 bits per heavy atom. The maximum absolute atomic E-state index is 12.7. The minimum Gasteiger partial charge on any atom is -0.491 e. The monoisotopic (exact) mass is 456 g/mol. The second-order valence-corrected chi connectivity index (χ2v) is 8.32. The molecule has 2 rings (SSSR count). The molecule has 0 heterocycles. The fraction of sp³-hybridized carbons (Fsp3) is 0.360. The minimum absolute atomic E-state index is 0.0818. The van der Waals surface area contributed by atoms with Crippen LogP contribution >= 0.6 is 0 Å². The van der Waals surface area contributed by atoms with Gasteiger partial charge in [-0.25, -0.2) is 10.3 Å². The lowest BCUT2D eigenvalue weighted by molar-refractivity contribution is -0.124. The summed E-state index contributed by atoms with van der Waals surface area (Å²) in [4.78, 5) is 23.9. The van der Waals surface area contributed by atoms with E-state index in [9.17, 15) is 9.59 Å². The van der Waals surface area contributed by atoms with E-state index in [0.717, 1.165) is 11.1 Å². The molecule has 1 atom stereocenters. The van der Waals surface area contributed by atoms with Gasteiger partial charge in [0.1, 0.15) is 18.5 Å². The Morgan fingerprint density at radius 2 is 1.76 bits per heavy atom. The molecule has 2 aromatic rings. The molecule has 8 heteroatoms. The Balaban J connectivity index is 2.18. The van der Waals surface area contributed by atoms with Crippen LogP contribution in [0.2, 0.25) is 0 Å². The lowest BCUT2D eigenvalue weighted by atomic mass is 9.78. The van der Waals surface area contributed by atoms with Crippen LogP contribution in [0.4, 0.5) is 10.5 Å². The van der Waals surface area contributed by atoms with Crippen molar-refractivity contribution in [2.24, 2.45) is 5.41 Å². The summed E-state index contributed by atoms with van der Waals surface area (Å²) in [5.74, 6) is 0.00274. The predicted molar refractivity (Wildman–Crippen MR) is 125 cm³/mol. The van der Waals surface area contributed by atoms with Crippen LogP contribution in [-0.2, 0) is 9.53 Å². The molecule has 2 amide bonds. The van der Waals surface area contributed by atoms with E-state index in [2.05, 4.69) is 5.32 Å². The highest BCUT2D eigenvalue weighted by atomic mass is 16.6. The highest BCUT2D eigenvalue weighted by molar-refractivity contribution is 5.86. The number of benzene rings is 2. The zero-order valence-corrected chi connectivity index (χ0v) is 19.2. The summed E-state index contributed by atoms with van der Waals surface area (Å²) in [6.07, 6.45) is 2.89. The molecule has 33 heavy (non-hydrogen) atoms. The molecule has 178 valence electrons. The summed E-state index contributed by atoms with van der Waals surface area (Å²) in [5.41, 5.74) is 3.56. The normalized spacial score (nSPS) is 12.3. The van der Waals surface area contributed by atoms with Crippen LogP contribution in [0.5, 0.6) is 5.75 Å². The number of carbonyl (C=O) groups excluding carboxylic acids is 2. The third kappa shape index (κ3) is 8.59. The Labute approximate surface area is 194 Å². The number of carbonyl (C=O) groups is 2. The van der Waals surface area contributed by atoms with Crippen molar-refractivity contribution in [1.29, 1.82) is 0 Å². The summed E-state index contributed by atoms with van der Waals surface area (Å²) in [6.45, 7) is 6.03. The third-order valence-corrected chi connectivity index (χ3v) is 5.11. The maximum Gasteiger partial charge on any atom is 0.412 e. The van der Waals surface area contributed by atoms with Gasteiger partial charge in [-0.05, 0) is 49.6 Å². The van der Waals surface area contributed by atoms with Gasteiger partial charge in [0.2, 0.25) is 0 Å². The van der Waals surface area contributed by atoms with Crippen molar-refractivity contribution in [3.63, 3.8) is 0 Å². The van der Waals surface area contributed by atoms with Gasteiger partial charge >= 0.3 is 6.09 Å². The number of hydrogen-bond donors (Lipinski definition) is 4. The second kappa shape index (κ2) is 12.6. The van der Waals surface area contributed by atoms with E-state index in [-0.39, 0.29) is 13.2 Å². The predicted octanol–water partition coefficient (Wildman–Crippen LogP) is 4.52. The number of allylic oxidation sites excluding steroid dienone is 1. The van der Waals surface area contributed by atoms with E-state index in [1.54, 1.807) is 35.8 Å². The first-order valence-electron chi connectivity index (χ1n) is 10.7. The molecule has 0 bridgehead atoms. The SMILES string of the molecule is Cc1ccc(NC(=O)O[C@@H](c2ccc(OCCO)cc2)C(C)(C)CC/C=C/C(=O)NO)cc1. The summed E-state index contributed by atoms with van der Waals surface area (Å²) in [6, 6.07) is 14.6. The molecule has 0 aromatic heterocycles. The first-order valence-corrected chi connectivity index (χ1v) is 10.7. The number of ether oxygens (including phenoxy) is 2. The van der Waals surface area contributed by atoms with Gasteiger partial charge in [0, 0.05) is 17.2 Å². The van der Waals surface area contributed by atoms with Gasteiger partial charge in [-0.1, -0.05) is 49.8 Å². The molecule has 2 aromatic carbocycles. The first-order chi connectivity index (χ1) is 15.7. The van der Waals surface area contributed by atoms with Crippen LogP contribution in [0.15, 0.2) is 60.7 Å². The van der Waals surface area contributed by atoms with Crippen molar-refractivity contribution in [2.75, 3.05) is 18.5 Å². The second-order valence-electron chi connectivity index (χ2n) is 8.32. The lowest BCUT2D eigenvalue weighted by Gasteiger charge is -2.34. The first kappa shape index (κ1) is 25.9. The topological polar surface area (TPSA) is 117 Å². The fourth-order valence-corrected chi connectivity index (χ4v) is 3.29. The summed E-state index contributed by atoms with van der Waals surface area (Å²) in [7, 11) is 0. The molecule has 0 fully saturated rings. The van der Waals surface area contributed by atoms with E-state index < -0.39 is 23.5 Å². The highest BCUT2D eigenvalue weighted by Crippen LogP contribution is 2.41. The van der Waals surface area contributed by atoms with Crippen LogP contribution < -0.4 is 15.5 Å².